The molecule has 1 fully saturated rings. The van der Waals surface area contributed by atoms with Gasteiger partial charge in [0, 0.05) is 12.6 Å². The molecule has 0 heterocycles. The third-order valence-corrected chi connectivity index (χ3v) is 3.36. The number of hydrogen-bond donors (Lipinski definition) is 2. The predicted octanol–water partition coefficient (Wildman–Crippen LogP) is 1.78. The van der Waals surface area contributed by atoms with Crippen molar-refractivity contribution in [2.45, 2.75) is 38.5 Å². The number of nitrogens with one attached hydrogen (secondary N) is 1. The number of anilines is 1. The molecule has 1 aliphatic rings. The first-order chi connectivity index (χ1) is 8.65. The fourth-order valence-corrected chi connectivity index (χ4v) is 2.28. The smallest absolute Gasteiger partial charge is 0.101 e. The number of rotatable bonds is 4. The normalized spacial score (nSPS) is 26.2. The van der Waals surface area contributed by atoms with Crippen molar-refractivity contribution in [3.63, 3.8) is 0 Å². The molecule has 0 spiro atoms. The van der Waals surface area contributed by atoms with Gasteiger partial charge in [0.1, 0.15) is 6.07 Å². The van der Waals surface area contributed by atoms with Gasteiger partial charge in [0.05, 0.1) is 23.4 Å². The van der Waals surface area contributed by atoms with Crippen LogP contribution in [0.2, 0.25) is 0 Å². The van der Waals surface area contributed by atoms with E-state index in [0.29, 0.717) is 12.2 Å². The van der Waals surface area contributed by atoms with Crippen LogP contribution in [0.3, 0.4) is 0 Å². The standard InChI is InChI=1S/C14H19N3O/c1-3-18-13-7-11(16)14(13)17-12-6-9(2)4-5-10(12)8-15/h4-6,11,13-14,17H,3,7,16H2,1-2H3. The summed E-state index contributed by atoms with van der Waals surface area (Å²) >= 11 is 0. The van der Waals surface area contributed by atoms with E-state index in [1.165, 1.54) is 0 Å². The highest BCUT2D eigenvalue weighted by molar-refractivity contribution is 5.60. The van der Waals surface area contributed by atoms with Gasteiger partial charge in [-0.05, 0) is 38.0 Å². The van der Waals surface area contributed by atoms with Crippen LogP contribution in [0.5, 0.6) is 0 Å². The second kappa shape index (κ2) is 5.38. The van der Waals surface area contributed by atoms with E-state index >= 15 is 0 Å². The third kappa shape index (κ3) is 2.47. The number of nitrogens with zero attached hydrogens (tertiary/aromatic N) is 1. The highest BCUT2D eigenvalue weighted by Gasteiger charge is 2.39. The number of nitriles is 1. The number of hydrogen-bond acceptors (Lipinski definition) is 4. The van der Waals surface area contributed by atoms with Gasteiger partial charge in [-0.25, -0.2) is 0 Å². The van der Waals surface area contributed by atoms with Crippen molar-refractivity contribution in [3.05, 3.63) is 29.3 Å². The Hall–Kier alpha value is -1.57. The molecule has 0 bridgehead atoms. The fourth-order valence-electron chi connectivity index (χ4n) is 2.28. The van der Waals surface area contributed by atoms with Gasteiger partial charge in [0.2, 0.25) is 0 Å². The Balaban J connectivity index is 2.13. The highest BCUT2D eigenvalue weighted by Crippen LogP contribution is 2.28. The Morgan fingerprint density at radius 2 is 2.33 bits per heavy atom. The quantitative estimate of drug-likeness (QED) is 0.848. The zero-order valence-corrected chi connectivity index (χ0v) is 10.8. The molecule has 96 valence electrons. The van der Waals surface area contributed by atoms with E-state index in [-0.39, 0.29) is 18.2 Å². The van der Waals surface area contributed by atoms with Crippen LogP contribution in [-0.2, 0) is 4.74 Å². The van der Waals surface area contributed by atoms with Crippen molar-refractivity contribution in [2.75, 3.05) is 11.9 Å². The summed E-state index contributed by atoms with van der Waals surface area (Å²) in [5.74, 6) is 0. The number of aryl methyl sites for hydroxylation is 1. The monoisotopic (exact) mass is 245 g/mol. The lowest BCUT2D eigenvalue weighted by Gasteiger charge is -2.43. The van der Waals surface area contributed by atoms with E-state index in [2.05, 4.69) is 11.4 Å². The van der Waals surface area contributed by atoms with Crippen LogP contribution < -0.4 is 11.1 Å². The van der Waals surface area contributed by atoms with E-state index < -0.39 is 0 Å². The molecule has 3 atom stereocenters. The van der Waals surface area contributed by atoms with Gasteiger partial charge in [-0.3, -0.25) is 0 Å². The lowest BCUT2D eigenvalue weighted by atomic mass is 9.83. The van der Waals surface area contributed by atoms with Gasteiger partial charge in [-0.1, -0.05) is 6.07 Å². The van der Waals surface area contributed by atoms with Crippen LogP contribution in [0.4, 0.5) is 5.69 Å². The van der Waals surface area contributed by atoms with Crippen molar-refractivity contribution in [1.29, 1.82) is 5.26 Å². The summed E-state index contributed by atoms with van der Waals surface area (Å²) in [5.41, 5.74) is 8.62. The second-order valence-electron chi connectivity index (χ2n) is 4.72. The van der Waals surface area contributed by atoms with Crippen molar-refractivity contribution in [3.8, 4) is 6.07 Å². The SMILES string of the molecule is CCOC1CC(N)C1Nc1cc(C)ccc1C#N. The Labute approximate surface area is 108 Å². The van der Waals surface area contributed by atoms with Crippen LogP contribution in [0.1, 0.15) is 24.5 Å². The summed E-state index contributed by atoms with van der Waals surface area (Å²) in [5, 5.41) is 12.4. The first-order valence-corrected chi connectivity index (χ1v) is 6.30. The summed E-state index contributed by atoms with van der Waals surface area (Å²) in [6, 6.07) is 8.13. The Morgan fingerprint density at radius 1 is 1.56 bits per heavy atom. The summed E-state index contributed by atoms with van der Waals surface area (Å²) in [6.45, 7) is 4.68. The Bertz CT molecular complexity index is 465. The van der Waals surface area contributed by atoms with Crippen LogP contribution in [-0.4, -0.2) is 24.8 Å². The average molecular weight is 245 g/mol. The first-order valence-electron chi connectivity index (χ1n) is 6.30. The highest BCUT2D eigenvalue weighted by atomic mass is 16.5. The minimum atomic E-state index is 0.0913. The van der Waals surface area contributed by atoms with Crippen molar-refractivity contribution < 1.29 is 4.74 Å². The number of benzene rings is 1. The molecule has 2 rings (SSSR count). The zero-order valence-electron chi connectivity index (χ0n) is 10.8. The van der Waals surface area contributed by atoms with Crippen molar-refractivity contribution >= 4 is 5.69 Å². The van der Waals surface area contributed by atoms with Crippen LogP contribution >= 0.6 is 0 Å². The van der Waals surface area contributed by atoms with Gasteiger partial charge in [-0.15, -0.1) is 0 Å². The molecule has 0 radical (unpaired) electrons. The van der Waals surface area contributed by atoms with E-state index in [9.17, 15) is 0 Å². The maximum atomic E-state index is 9.10. The third-order valence-electron chi connectivity index (χ3n) is 3.36. The van der Waals surface area contributed by atoms with E-state index in [1.54, 1.807) is 0 Å². The molecule has 1 aromatic rings. The summed E-state index contributed by atoms with van der Waals surface area (Å²) in [6.07, 6.45) is 1.02. The summed E-state index contributed by atoms with van der Waals surface area (Å²) < 4.78 is 5.61. The average Bonchev–Trinajstić information content (AvgIpc) is 2.36. The molecule has 4 nitrogen and oxygen atoms in total. The van der Waals surface area contributed by atoms with Gasteiger partial charge in [0.15, 0.2) is 0 Å². The molecular weight excluding hydrogens is 226 g/mol. The maximum absolute atomic E-state index is 9.10. The topological polar surface area (TPSA) is 71.1 Å². The first kappa shape index (κ1) is 12.9. The van der Waals surface area contributed by atoms with E-state index in [0.717, 1.165) is 17.7 Å². The number of ether oxygens (including phenoxy) is 1. The minimum absolute atomic E-state index is 0.0913. The van der Waals surface area contributed by atoms with Gasteiger partial charge >= 0.3 is 0 Å². The maximum Gasteiger partial charge on any atom is 0.101 e. The lowest BCUT2D eigenvalue weighted by molar-refractivity contribution is -0.0126. The Kier molecular flexibility index (Phi) is 3.85. The van der Waals surface area contributed by atoms with Crippen molar-refractivity contribution in [2.24, 2.45) is 5.73 Å². The minimum Gasteiger partial charge on any atom is -0.377 e. The molecule has 18 heavy (non-hydrogen) atoms. The molecule has 3 N–H and O–H groups in total. The van der Waals surface area contributed by atoms with E-state index in [4.69, 9.17) is 15.7 Å². The van der Waals surface area contributed by atoms with Crippen LogP contribution in [0.25, 0.3) is 0 Å². The molecule has 0 saturated heterocycles. The van der Waals surface area contributed by atoms with Gasteiger partial charge < -0.3 is 15.8 Å². The largest absolute Gasteiger partial charge is 0.377 e. The molecule has 1 aliphatic carbocycles. The van der Waals surface area contributed by atoms with E-state index in [1.807, 2.05) is 32.0 Å². The molecule has 0 amide bonds. The van der Waals surface area contributed by atoms with Gasteiger partial charge in [0.25, 0.3) is 0 Å². The molecular formula is C14H19N3O. The molecule has 4 heteroatoms. The second-order valence-corrected chi connectivity index (χ2v) is 4.72. The Morgan fingerprint density at radius 3 is 2.94 bits per heavy atom. The molecule has 3 unspecified atom stereocenters. The van der Waals surface area contributed by atoms with Crippen molar-refractivity contribution in [1.82, 2.24) is 0 Å². The number of nitrogens with two attached hydrogens (primary N) is 1. The molecule has 1 saturated carbocycles. The molecule has 0 aliphatic heterocycles. The van der Waals surface area contributed by atoms with Gasteiger partial charge in [-0.2, -0.15) is 5.26 Å². The lowest BCUT2D eigenvalue weighted by Crippen LogP contribution is -2.60. The predicted molar refractivity (Wildman–Crippen MR) is 71.3 cm³/mol. The zero-order chi connectivity index (χ0) is 13.1. The molecule has 0 aromatic heterocycles. The summed E-state index contributed by atoms with van der Waals surface area (Å²) in [4.78, 5) is 0. The molecule has 1 aromatic carbocycles. The van der Waals surface area contributed by atoms with Crippen LogP contribution in [0.15, 0.2) is 18.2 Å². The fraction of sp³-hybridized carbons (Fsp3) is 0.500. The van der Waals surface area contributed by atoms with Crippen LogP contribution in [0, 0.1) is 18.3 Å². The summed E-state index contributed by atoms with van der Waals surface area (Å²) in [7, 11) is 0.